The Bertz CT molecular complexity index is 575. The predicted molar refractivity (Wildman–Crippen MR) is 73.1 cm³/mol. The van der Waals surface area contributed by atoms with E-state index in [4.69, 9.17) is 22.1 Å². The average molecular weight is 280 g/mol. The highest BCUT2D eigenvalue weighted by Gasteiger charge is 2.15. The maximum atomic E-state index is 11.9. The standard InChI is InChI=1S/C13H14ClN3O2/c1-17-9(5-7-16-17)6-8-19-13(18)12-10(14)3-2-4-11(12)15/h2-5,7H,6,8,15H2,1H3. The lowest BCUT2D eigenvalue weighted by molar-refractivity contribution is 0.0509. The second-order valence-corrected chi connectivity index (χ2v) is 4.44. The van der Waals surface area contributed by atoms with E-state index in [0.717, 1.165) is 5.69 Å². The summed E-state index contributed by atoms with van der Waals surface area (Å²) >= 11 is 5.93. The minimum absolute atomic E-state index is 0.217. The molecule has 0 bridgehead atoms. The third-order valence-electron chi connectivity index (χ3n) is 2.76. The molecule has 0 amide bonds. The molecule has 0 fully saturated rings. The molecule has 1 aromatic heterocycles. The second kappa shape index (κ2) is 5.75. The van der Waals surface area contributed by atoms with Crippen LogP contribution in [0.15, 0.2) is 30.5 Å². The molecule has 6 heteroatoms. The number of halogens is 1. The van der Waals surface area contributed by atoms with Crippen molar-refractivity contribution in [2.45, 2.75) is 6.42 Å². The lowest BCUT2D eigenvalue weighted by Crippen LogP contribution is -2.12. The summed E-state index contributed by atoms with van der Waals surface area (Å²) in [5.74, 6) is -0.509. The van der Waals surface area contributed by atoms with Crippen LogP contribution in [0.5, 0.6) is 0 Å². The van der Waals surface area contributed by atoms with Crippen LogP contribution in [0.2, 0.25) is 5.02 Å². The molecule has 1 aromatic carbocycles. The minimum Gasteiger partial charge on any atom is -0.462 e. The number of hydrogen-bond acceptors (Lipinski definition) is 4. The highest BCUT2D eigenvalue weighted by molar-refractivity contribution is 6.34. The molecule has 0 spiro atoms. The van der Waals surface area contributed by atoms with Crippen molar-refractivity contribution in [3.05, 3.63) is 46.7 Å². The van der Waals surface area contributed by atoms with E-state index in [-0.39, 0.29) is 12.2 Å². The Labute approximate surface area is 115 Å². The summed E-state index contributed by atoms with van der Waals surface area (Å²) in [4.78, 5) is 11.9. The minimum atomic E-state index is -0.509. The Morgan fingerprint density at radius 2 is 2.26 bits per heavy atom. The Morgan fingerprint density at radius 1 is 1.47 bits per heavy atom. The van der Waals surface area contributed by atoms with Crippen LogP contribution >= 0.6 is 11.6 Å². The monoisotopic (exact) mass is 279 g/mol. The molecule has 0 unspecified atom stereocenters. The number of esters is 1. The highest BCUT2D eigenvalue weighted by atomic mass is 35.5. The molecule has 0 aliphatic rings. The molecule has 0 atom stereocenters. The number of rotatable bonds is 4. The predicted octanol–water partition coefficient (Wildman–Crippen LogP) is 2.06. The van der Waals surface area contributed by atoms with E-state index < -0.39 is 5.97 Å². The van der Waals surface area contributed by atoms with Crippen molar-refractivity contribution >= 4 is 23.3 Å². The molecule has 100 valence electrons. The maximum Gasteiger partial charge on any atom is 0.341 e. The third kappa shape index (κ3) is 3.06. The van der Waals surface area contributed by atoms with Crippen LogP contribution in [0.3, 0.4) is 0 Å². The molecular weight excluding hydrogens is 266 g/mol. The fourth-order valence-electron chi connectivity index (χ4n) is 1.72. The molecule has 0 saturated heterocycles. The molecule has 5 nitrogen and oxygen atoms in total. The summed E-state index contributed by atoms with van der Waals surface area (Å²) in [6, 6.07) is 6.78. The number of anilines is 1. The number of nitrogens with zero attached hydrogens (tertiary/aromatic N) is 2. The topological polar surface area (TPSA) is 70.1 Å². The van der Waals surface area contributed by atoms with Gasteiger partial charge in [0.1, 0.15) is 5.56 Å². The van der Waals surface area contributed by atoms with E-state index >= 15 is 0 Å². The van der Waals surface area contributed by atoms with Gasteiger partial charge in [0.15, 0.2) is 0 Å². The number of ether oxygens (including phenoxy) is 1. The molecule has 1 heterocycles. The zero-order valence-corrected chi connectivity index (χ0v) is 11.2. The van der Waals surface area contributed by atoms with Gasteiger partial charge in [0.2, 0.25) is 0 Å². The smallest absolute Gasteiger partial charge is 0.341 e. The highest BCUT2D eigenvalue weighted by Crippen LogP contribution is 2.22. The van der Waals surface area contributed by atoms with Crippen molar-refractivity contribution < 1.29 is 9.53 Å². The second-order valence-electron chi connectivity index (χ2n) is 4.04. The number of nitrogens with two attached hydrogens (primary N) is 1. The number of carbonyl (C=O) groups excluding carboxylic acids is 1. The first-order valence-corrected chi connectivity index (χ1v) is 6.15. The Hall–Kier alpha value is -2.01. The first-order chi connectivity index (χ1) is 9.09. The SMILES string of the molecule is Cn1nccc1CCOC(=O)c1c(N)cccc1Cl. The van der Waals surface area contributed by atoms with Gasteiger partial charge < -0.3 is 10.5 Å². The zero-order valence-electron chi connectivity index (χ0n) is 10.5. The first kappa shape index (κ1) is 13.4. The summed E-state index contributed by atoms with van der Waals surface area (Å²) in [5.41, 5.74) is 7.23. The van der Waals surface area contributed by atoms with Crippen molar-refractivity contribution in [3.63, 3.8) is 0 Å². The van der Waals surface area contributed by atoms with Gasteiger partial charge in [-0.2, -0.15) is 5.10 Å². The van der Waals surface area contributed by atoms with Crippen molar-refractivity contribution in [3.8, 4) is 0 Å². The summed E-state index contributed by atoms with van der Waals surface area (Å²) < 4.78 is 6.91. The third-order valence-corrected chi connectivity index (χ3v) is 3.08. The van der Waals surface area contributed by atoms with Crippen LogP contribution in [-0.2, 0) is 18.2 Å². The average Bonchev–Trinajstić information content (AvgIpc) is 2.75. The number of hydrogen-bond donors (Lipinski definition) is 1. The van der Waals surface area contributed by atoms with Gasteiger partial charge in [-0.15, -0.1) is 0 Å². The van der Waals surface area contributed by atoms with Crippen LogP contribution < -0.4 is 5.73 Å². The van der Waals surface area contributed by atoms with Crippen LogP contribution in [0.1, 0.15) is 16.1 Å². The molecular formula is C13H14ClN3O2. The van der Waals surface area contributed by atoms with E-state index in [1.165, 1.54) is 0 Å². The van der Waals surface area contributed by atoms with Gasteiger partial charge in [-0.3, -0.25) is 4.68 Å². The van der Waals surface area contributed by atoms with Crippen LogP contribution in [-0.4, -0.2) is 22.4 Å². The van der Waals surface area contributed by atoms with Crippen LogP contribution in [0.25, 0.3) is 0 Å². The zero-order chi connectivity index (χ0) is 13.8. The van der Waals surface area contributed by atoms with Crippen molar-refractivity contribution in [2.24, 2.45) is 7.05 Å². The molecule has 19 heavy (non-hydrogen) atoms. The number of nitrogen functional groups attached to an aromatic ring is 1. The van der Waals surface area contributed by atoms with Gasteiger partial charge in [0, 0.05) is 31.0 Å². The van der Waals surface area contributed by atoms with Gasteiger partial charge in [-0.05, 0) is 18.2 Å². The molecule has 0 aliphatic heterocycles. The summed E-state index contributed by atoms with van der Waals surface area (Å²) in [5, 5.41) is 4.33. The van der Waals surface area contributed by atoms with E-state index in [1.54, 1.807) is 29.1 Å². The van der Waals surface area contributed by atoms with Crippen molar-refractivity contribution in [1.29, 1.82) is 0 Å². The quantitative estimate of drug-likeness (QED) is 0.687. The van der Waals surface area contributed by atoms with E-state index in [9.17, 15) is 4.79 Å². The lowest BCUT2D eigenvalue weighted by Gasteiger charge is -2.08. The van der Waals surface area contributed by atoms with Gasteiger partial charge in [0.05, 0.1) is 11.6 Å². The number of aromatic nitrogens is 2. The van der Waals surface area contributed by atoms with Gasteiger partial charge >= 0.3 is 5.97 Å². The van der Waals surface area contributed by atoms with Gasteiger partial charge in [-0.1, -0.05) is 17.7 Å². The summed E-state index contributed by atoms with van der Waals surface area (Å²) in [6.45, 7) is 0.253. The van der Waals surface area contributed by atoms with Gasteiger partial charge in [-0.25, -0.2) is 4.79 Å². The fraction of sp³-hybridized carbons (Fsp3) is 0.231. The van der Waals surface area contributed by atoms with Crippen molar-refractivity contribution in [2.75, 3.05) is 12.3 Å². The molecule has 2 N–H and O–H groups in total. The summed E-state index contributed by atoms with van der Waals surface area (Å²) in [7, 11) is 1.84. The van der Waals surface area contributed by atoms with Crippen LogP contribution in [0.4, 0.5) is 5.69 Å². The number of benzene rings is 1. The van der Waals surface area contributed by atoms with E-state index in [1.807, 2.05) is 13.1 Å². The Morgan fingerprint density at radius 3 is 2.89 bits per heavy atom. The Kier molecular flexibility index (Phi) is 4.06. The largest absolute Gasteiger partial charge is 0.462 e. The number of aryl methyl sites for hydroxylation is 1. The lowest BCUT2D eigenvalue weighted by atomic mass is 10.2. The van der Waals surface area contributed by atoms with Crippen molar-refractivity contribution in [1.82, 2.24) is 9.78 Å². The Balaban J connectivity index is 1.97. The first-order valence-electron chi connectivity index (χ1n) is 5.77. The summed E-state index contributed by atoms with van der Waals surface area (Å²) in [6.07, 6.45) is 2.29. The maximum absolute atomic E-state index is 11.9. The molecule has 2 rings (SSSR count). The molecule has 2 aromatic rings. The fourth-order valence-corrected chi connectivity index (χ4v) is 1.98. The molecule has 0 saturated carbocycles. The number of carbonyl (C=O) groups is 1. The molecule has 0 aliphatic carbocycles. The molecule has 0 radical (unpaired) electrons. The van der Waals surface area contributed by atoms with Crippen LogP contribution in [0, 0.1) is 0 Å². The normalized spacial score (nSPS) is 10.4. The van der Waals surface area contributed by atoms with Gasteiger partial charge in [0.25, 0.3) is 0 Å². The van der Waals surface area contributed by atoms with E-state index in [2.05, 4.69) is 5.10 Å². The van der Waals surface area contributed by atoms with E-state index in [0.29, 0.717) is 17.1 Å².